The number of aromatic nitrogens is 1. The summed E-state index contributed by atoms with van der Waals surface area (Å²) in [6.07, 6.45) is 0.349. The topological polar surface area (TPSA) is 85.4 Å². The fourth-order valence-corrected chi connectivity index (χ4v) is 3.73. The van der Waals surface area contributed by atoms with Crippen molar-refractivity contribution in [3.63, 3.8) is 0 Å². The van der Waals surface area contributed by atoms with Crippen molar-refractivity contribution in [3.05, 3.63) is 53.5 Å². The van der Waals surface area contributed by atoms with Gasteiger partial charge < -0.3 is 10.1 Å². The number of benzene rings is 2. The number of hydrogen-bond donors (Lipinski definition) is 1. The Bertz CT molecular complexity index is 998. The lowest BCUT2D eigenvalue weighted by molar-refractivity contribution is -0.141. The lowest BCUT2D eigenvalue weighted by Crippen LogP contribution is -2.30. The molecule has 28 heavy (non-hydrogen) atoms. The average molecular weight is 396 g/mol. The van der Waals surface area contributed by atoms with Crippen LogP contribution >= 0.6 is 11.3 Å². The summed E-state index contributed by atoms with van der Waals surface area (Å²) in [6.45, 7) is -0.189. The summed E-state index contributed by atoms with van der Waals surface area (Å²) >= 11 is 1.49. The Kier molecular flexibility index (Phi) is 6.49. The van der Waals surface area contributed by atoms with E-state index in [1.807, 2.05) is 30.3 Å². The number of nitrogens with one attached hydrogen (secondary N) is 1. The molecular formula is C21H20N2O4S. The van der Waals surface area contributed by atoms with Gasteiger partial charge in [0.15, 0.2) is 0 Å². The Morgan fingerprint density at radius 2 is 1.82 bits per heavy atom. The molecule has 0 aliphatic carbocycles. The van der Waals surface area contributed by atoms with E-state index in [-0.39, 0.29) is 37.5 Å². The second kappa shape index (κ2) is 9.23. The monoisotopic (exact) mass is 396 g/mol. The normalized spacial score (nSPS) is 10.6. The molecule has 0 aliphatic rings. The Labute approximate surface area is 166 Å². The number of ether oxygens (including phenoxy) is 1. The number of nitrogens with zero attached hydrogens (tertiary/aromatic N) is 1. The largest absolute Gasteiger partial charge is 0.468 e. The SMILES string of the molecule is COC(=O)CNC(=O)CCC(=O)Cc1nc2ccc(-c3ccccc3)cc2s1. The number of hydrogen-bond acceptors (Lipinski definition) is 6. The van der Waals surface area contributed by atoms with Gasteiger partial charge in [0.1, 0.15) is 17.3 Å². The molecule has 2 aromatic carbocycles. The molecule has 1 aromatic heterocycles. The minimum Gasteiger partial charge on any atom is -0.468 e. The molecule has 3 aromatic rings. The van der Waals surface area contributed by atoms with Crippen molar-refractivity contribution >= 4 is 39.2 Å². The second-order valence-electron chi connectivity index (χ2n) is 6.22. The fourth-order valence-electron chi connectivity index (χ4n) is 2.70. The van der Waals surface area contributed by atoms with E-state index < -0.39 is 5.97 Å². The zero-order chi connectivity index (χ0) is 19.9. The van der Waals surface area contributed by atoms with E-state index in [0.717, 1.165) is 26.4 Å². The Balaban J connectivity index is 1.57. The van der Waals surface area contributed by atoms with Gasteiger partial charge >= 0.3 is 5.97 Å². The van der Waals surface area contributed by atoms with Crippen LogP contribution in [0.5, 0.6) is 0 Å². The third kappa shape index (κ3) is 5.23. The number of methoxy groups -OCH3 is 1. The molecular weight excluding hydrogens is 376 g/mol. The van der Waals surface area contributed by atoms with Crippen LogP contribution in [0.1, 0.15) is 17.8 Å². The highest BCUT2D eigenvalue weighted by Gasteiger charge is 2.12. The Morgan fingerprint density at radius 1 is 1.04 bits per heavy atom. The number of thiazole rings is 1. The number of esters is 1. The highest BCUT2D eigenvalue weighted by molar-refractivity contribution is 7.18. The van der Waals surface area contributed by atoms with E-state index in [1.54, 1.807) is 0 Å². The predicted octanol–water partition coefficient (Wildman–Crippen LogP) is 3.14. The molecule has 0 aliphatic heterocycles. The molecule has 1 heterocycles. The quantitative estimate of drug-likeness (QED) is 0.591. The van der Waals surface area contributed by atoms with Crippen LogP contribution < -0.4 is 5.32 Å². The molecule has 1 amide bonds. The summed E-state index contributed by atoms with van der Waals surface area (Å²) in [4.78, 5) is 39.3. The van der Waals surface area contributed by atoms with Crippen LogP contribution in [0.2, 0.25) is 0 Å². The molecule has 0 spiro atoms. The molecule has 0 bridgehead atoms. The van der Waals surface area contributed by atoms with E-state index in [1.165, 1.54) is 18.4 Å². The highest BCUT2D eigenvalue weighted by Crippen LogP contribution is 2.28. The number of fused-ring (bicyclic) bond motifs is 1. The van der Waals surface area contributed by atoms with Crippen molar-refractivity contribution in [2.45, 2.75) is 19.3 Å². The lowest BCUT2D eigenvalue weighted by atomic mass is 10.1. The van der Waals surface area contributed by atoms with Gasteiger partial charge in [-0.05, 0) is 23.3 Å². The third-order valence-electron chi connectivity index (χ3n) is 4.18. The van der Waals surface area contributed by atoms with Crippen LogP contribution in [-0.4, -0.2) is 36.3 Å². The lowest BCUT2D eigenvalue weighted by Gasteiger charge is -2.03. The smallest absolute Gasteiger partial charge is 0.325 e. The van der Waals surface area contributed by atoms with Crippen LogP contribution in [0, 0.1) is 0 Å². The minimum absolute atomic E-state index is 0.0406. The first-order valence-corrected chi connectivity index (χ1v) is 9.67. The molecule has 0 saturated heterocycles. The van der Waals surface area contributed by atoms with E-state index in [0.29, 0.717) is 0 Å². The van der Waals surface area contributed by atoms with Crippen molar-refractivity contribution in [3.8, 4) is 11.1 Å². The number of Topliss-reactive ketones (excluding diaryl/α,β-unsaturated/α-hetero) is 1. The number of carbonyl (C=O) groups is 3. The summed E-state index contributed by atoms with van der Waals surface area (Å²) in [5, 5.41) is 3.15. The second-order valence-corrected chi connectivity index (χ2v) is 7.34. The fraction of sp³-hybridized carbons (Fsp3) is 0.238. The van der Waals surface area contributed by atoms with Gasteiger partial charge in [-0.1, -0.05) is 36.4 Å². The standard InChI is InChI=1S/C21H20N2O4S/c1-27-21(26)13-22-19(25)10-8-16(24)12-20-23-17-9-7-15(11-18(17)28-20)14-5-3-2-4-6-14/h2-7,9,11H,8,10,12-13H2,1H3,(H,22,25). The molecule has 1 N–H and O–H groups in total. The first kappa shape index (κ1) is 19.7. The van der Waals surface area contributed by atoms with Gasteiger partial charge in [0, 0.05) is 12.8 Å². The zero-order valence-corrected chi connectivity index (χ0v) is 16.3. The van der Waals surface area contributed by atoms with Crippen LogP contribution in [0.3, 0.4) is 0 Å². The molecule has 3 rings (SSSR count). The van der Waals surface area contributed by atoms with Crippen LogP contribution in [0.4, 0.5) is 0 Å². The number of ketones is 1. The summed E-state index contributed by atoms with van der Waals surface area (Å²) < 4.78 is 5.47. The van der Waals surface area contributed by atoms with Gasteiger partial charge in [-0.15, -0.1) is 11.3 Å². The molecule has 6 nitrogen and oxygen atoms in total. The van der Waals surface area contributed by atoms with E-state index in [4.69, 9.17) is 0 Å². The van der Waals surface area contributed by atoms with Crippen LogP contribution in [-0.2, 0) is 25.5 Å². The van der Waals surface area contributed by atoms with Gasteiger partial charge in [-0.2, -0.15) is 0 Å². The van der Waals surface area contributed by atoms with Crippen molar-refractivity contribution in [2.24, 2.45) is 0 Å². The van der Waals surface area contributed by atoms with Gasteiger partial charge in [-0.25, -0.2) is 4.98 Å². The van der Waals surface area contributed by atoms with Crippen molar-refractivity contribution < 1.29 is 19.1 Å². The number of amides is 1. The summed E-state index contributed by atoms with van der Waals surface area (Å²) in [6, 6.07) is 16.1. The molecule has 0 saturated carbocycles. The number of rotatable bonds is 8. The molecule has 0 radical (unpaired) electrons. The maximum atomic E-state index is 12.2. The first-order valence-electron chi connectivity index (χ1n) is 8.85. The molecule has 144 valence electrons. The minimum atomic E-state index is -0.524. The zero-order valence-electron chi connectivity index (χ0n) is 15.4. The summed E-state index contributed by atoms with van der Waals surface area (Å²) in [5.41, 5.74) is 3.11. The third-order valence-corrected chi connectivity index (χ3v) is 5.19. The van der Waals surface area contributed by atoms with Crippen LogP contribution in [0.15, 0.2) is 48.5 Å². The average Bonchev–Trinajstić information content (AvgIpc) is 3.12. The molecule has 0 unspecified atom stereocenters. The van der Waals surface area contributed by atoms with Gasteiger partial charge in [0.25, 0.3) is 0 Å². The highest BCUT2D eigenvalue weighted by atomic mass is 32.1. The maximum absolute atomic E-state index is 12.2. The van der Waals surface area contributed by atoms with Crippen LogP contribution in [0.25, 0.3) is 21.3 Å². The van der Waals surface area contributed by atoms with E-state index >= 15 is 0 Å². The van der Waals surface area contributed by atoms with Gasteiger partial charge in [0.2, 0.25) is 5.91 Å². The molecule has 0 fully saturated rings. The maximum Gasteiger partial charge on any atom is 0.325 e. The van der Waals surface area contributed by atoms with Crippen molar-refractivity contribution in [1.82, 2.24) is 10.3 Å². The van der Waals surface area contributed by atoms with E-state index in [9.17, 15) is 14.4 Å². The predicted molar refractivity (Wildman–Crippen MR) is 108 cm³/mol. The first-order chi connectivity index (χ1) is 13.5. The Morgan fingerprint density at radius 3 is 2.57 bits per heavy atom. The summed E-state index contributed by atoms with van der Waals surface area (Å²) in [5.74, 6) is -0.935. The molecule has 7 heteroatoms. The van der Waals surface area contributed by atoms with Gasteiger partial charge in [0.05, 0.1) is 23.7 Å². The van der Waals surface area contributed by atoms with Gasteiger partial charge in [-0.3, -0.25) is 14.4 Å². The summed E-state index contributed by atoms with van der Waals surface area (Å²) in [7, 11) is 1.25. The van der Waals surface area contributed by atoms with Crippen molar-refractivity contribution in [1.29, 1.82) is 0 Å². The van der Waals surface area contributed by atoms with Crippen molar-refractivity contribution in [2.75, 3.05) is 13.7 Å². The van der Waals surface area contributed by atoms with E-state index in [2.05, 4.69) is 33.2 Å². The number of carbonyl (C=O) groups excluding carboxylic acids is 3. The molecule has 0 atom stereocenters. The Hall–Kier alpha value is -3.06.